The molecular weight excluding hydrogens is 431 g/mol. The first-order valence-electron chi connectivity index (χ1n) is 6.81. The highest BCUT2D eigenvalue weighted by molar-refractivity contribution is 14.1. The van der Waals surface area contributed by atoms with Crippen LogP contribution in [0.5, 0.6) is 0 Å². The van der Waals surface area contributed by atoms with Crippen molar-refractivity contribution in [2.45, 2.75) is 19.6 Å². The molecule has 0 aliphatic heterocycles. The second kappa shape index (κ2) is 6.56. The average Bonchev–Trinajstić information content (AvgIpc) is 2.43. The number of rotatable bonds is 4. The lowest BCUT2D eigenvalue weighted by molar-refractivity contribution is 0.112. The van der Waals surface area contributed by atoms with Crippen LogP contribution in [0.4, 0.5) is 14.5 Å². The van der Waals surface area contributed by atoms with E-state index >= 15 is 0 Å². The van der Waals surface area contributed by atoms with E-state index in [4.69, 9.17) is 0 Å². The fourth-order valence-electron chi connectivity index (χ4n) is 2.55. The molecule has 2 rings (SSSR count). The van der Waals surface area contributed by atoms with Crippen LogP contribution >= 0.6 is 22.6 Å². The maximum atomic E-state index is 13.6. The number of nitrogens with zero attached hydrogens (tertiary/aromatic N) is 1. The molecule has 2 aromatic rings. The van der Waals surface area contributed by atoms with Gasteiger partial charge in [-0.1, -0.05) is 19.6 Å². The van der Waals surface area contributed by atoms with E-state index in [-0.39, 0.29) is 22.4 Å². The van der Waals surface area contributed by atoms with Crippen molar-refractivity contribution in [3.05, 3.63) is 49.9 Å². The Hall–Kier alpha value is -1.48. The first kappa shape index (κ1) is 17.9. The minimum Gasteiger partial charge on any atom is -0.298 e. The minimum absolute atomic E-state index is 0.100. The second-order valence-electron chi connectivity index (χ2n) is 6.16. The SMILES string of the molecule is C[Si](C)(C)c1c(I)cc(C=O)c(-c2cc(F)cc(F)c2)c1N=O. The quantitative estimate of drug-likeness (QED) is 0.288. The molecule has 0 heterocycles. The lowest BCUT2D eigenvalue weighted by Gasteiger charge is -2.23. The minimum atomic E-state index is -1.98. The zero-order valence-corrected chi connectivity index (χ0v) is 15.9. The monoisotopic (exact) mass is 445 g/mol. The van der Waals surface area contributed by atoms with Gasteiger partial charge in [-0.3, -0.25) is 4.79 Å². The van der Waals surface area contributed by atoms with Crippen molar-refractivity contribution in [3.63, 3.8) is 0 Å². The molecular formula is C16H14F2INO2Si. The summed E-state index contributed by atoms with van der Waals surface area (Å²) >= 11 is 2.06. The normalized spacial score (nSPS) is 11.4. The van der Waals surface area contributed by atoms with E-state index in [0.29, 0.717) is 6.29 Å². The number of hydrogen-bond acceptors (Lipinski definition) is 3. The van der Waals surface area contributed by atoms with E-state index in [1.54, 1.807) is 6.07 Å². The average molecular weight is 445 g/mol. The summed E-state index contributed by atoms with van der Waals surface area (Å²) in [6.07, 6.45) is 0.572. The number of nitroso groups, excluding NO2 is 1. The summed E-state index contributed by atoms with van der Waals surface area (Å²) in [4.78, 5) is 23.0. The predicted octanol–water partition coefficient (Wildman–Crippen LogP) is 4.99. The van der Waals surface area contributed by atoms with Crippen LogP contribution in [0.3, 0.4) is 0 Å². The molecule has 0 spiro atoms. The van der Waals surface area contributed by atoms with Gasteiger partial charge in [-0.25, -0.2) is 8.78 Å². The van der Waals surface area contributed by atoms with Crippen molar-refractivity contribution in [1.29, 1.82) is 0 Å². The molecule has 2 aromatic carbocycles. The Kier molecular flexibility index (Phi) is 5.09. The van der Waals surface area contributed by atoms with Crippen molar-refractivity contribution in [2.75, 3.05) is 0 Å². The van der Waals surface area contributed by atoms with Crippen LogP contribution in [0, 0.1) is 20.1 Å². The third-order valence-corrected chi connectivity index (χ3v) is 6.77. The number of aldehydes is 1. The molecule has 0 atom stereocenters. The van der Waals surface area contributed by atoms with E-state index in [9.17, 15) is 18.5 Å². The van der Waals surface area contributed by atoms with Crippen molar-refractivity contribution in [2.24, 2.45) is 5.18 Å². The molecule has 0 aromatic heterocycles. The van der Waals surface area contributed by atoms with E-state index in [1.165, 1.54) is 0 Å². The van der Waals surface area contributed by atoms with E-state index in [1.807, 2.05) is 19.6 Å². The fourth-order valence-corrected chi connectivity index (χ4v) is 7.24. The third-order valence-electron chi connectivity index (χ3n) is 3.40. The van der Waals surface area contributed by atoms with Gasteiger partial charge >= 0.3 is 0 Å². The van der Waals surface area contributed by atoms with Gasteiger partial charge < -0.3 is 0 Å². The van der Waals surface area contributed by atoms with Crippen LogP contribution in [0.25, 0.3) is 11.1 Å². The Bertz CT molecular complexity index is 783. The highest BCUT2D eigenvalue weighted by atomic mass is 127. The number of benzene rings is 2. The Morgan fingerprint density at radius 2 is 1.65 bits per heavy atom. The third kappa shape index (κ3) is 3.55. The van der Waals surface area contributed by atoms with Crippen LogP contribution in [0.15, 0.2) is 29.4 Å². The first-order chi connectivity index (χ1) is 10.7. The molecule has 0 aliphatic carbocycles. The van der Waals surface area contributed by atoms with Crippen molar-refractivity contribution in [1.82, 2.24) is 0 Å². The van der Waals surface area contributed by atoms with Gasteiger partial charge in [-0.15, -0.1) is 4.91 Å². The maximum Gasteiger partial charge on any atom is 0.150 e. The van der Waals surface area contributed by atoms with Gasteiger partial charge in [0.25, 0.3) is 0 Å². The summed E-state index contributed by atoms with van der Waals surface area (Å²) in [5, 5.41) is 3.89. The molecule has 7 heteroatoms. The maximum absolute atomic E-state index is 13.6. The topological polar surface area (TPSA) is 46.5 Å². The van der Waals surface area contributed by atoms with Crippen LogP contribution < -0.4 is 5.19 Å². The molecule has 0 N–H and O–H groups in total. The first-order valence-corrected chi connectivity index (χ1v) is 11.4. The molecule has 0 saturated carbocycles. The smallest absolute Gasteiger partial charge is 0.150 e. The van der Waals surface area contributed by atoms with Crippen LogP contribution in [0.2, 0.25) is 19.6 Å². The van der Waals surface area contributed by atoms with Crippen molar-refractivity contribution >= 4 is 47.8 Å². The van der Waals surface area contributed by atoms with Gasteiger partial charge in [-0.2, -0.15) is 0 Å². The van der Waals surface area contributed by atoms with Gasteiger partial charge in [-0.05, 0) is 56.7 Å². The summed E-state index contributed by atoms with van der Waals surface area (Å²) in [6.45, 7) is 6.11. The van der Waals surface area contributed by atoms with E-state index < -0.39 is 19.7 Å². The lowest BCUT2D eigenvalue weighted by Crippen LogP contribution is -2.40. The van der Waals surface area contributed by atoms with Crippen LogP contribution in [0.1, 0.15) is 10.4 Å². The van der Waals surface area contributed by atoms with Gasteiger partial charge in [0.15, 0.2) is 6.29 Å². The molecule has 23 heavy (non-hydrogen) atoms. The number of carbonyl (C=O) groups is 1. The Morgan fingerprint density at radius 3 is 2.09 bits per heavy atom. The number of halogens is 3. The van der Waals surface area contributed by atoms with Gasteiger partial charge in [0.2, 0.25) is 0 Å². The molecule has 0 aliphatic rings. The Morgan fingerprint density at radius 1 is 1.09 bits per heavy atom. The number of carbonyl (C=O) groups excluding carboxylic acids is 1. The fraction of sp³-hybridized carbons (Fsp3) is 0.188. The van der Waals surface area contributed by atoms with Gasteiger partial charge in [0.1, 0.15) is 17.3 Å². The molecule has 0 fully saturated rings. The van der Waals surface area contributed by atoms with Crippen molar-refractivity contribution in [3.8, 4) is 11.1 Å². The van der Waals surface area contributed by atoms with Crippen molar-refractivity contribution < 1.29 is 13.6 Å². The zero-order chi connectivity index (χ0) is 17.4. The Labute approximate surface area is 147 Å². The number of hydrogen-bond donors (Lipinski definition) is 0. The summed E-state index contributed by atoms with van der Waals surface area (Å²) in [5.41, 5.74) is 0.612. The van der Waals surface area contributed by atoms with Crippen LogP contribution in [-0.4, -0.2) is 14.4 Å². The van der Waals surface area contributed by atoms with Crippen LogP contribution in [-0.2, 0) is 0 Å². The molecule has 120 valence electrons. The zero-order valence-electron chi connectivity index (χ0n) is 12.8. The van der Waals surface area contributed by atoms with E-state index in [2.05, 4.69) is 27.8 Å². The highest BCUT2D eigenvalue weighted by Gasteiger charge is 2.28. The molecule has 0 unspecified atom stereocenters. The Balaban J connectivity index is 2.96. The molecule has 0 amide bonds. The highest BCUT2D eigenvalue weighted by Crippen LogP contribution is 2.36. The molecule has 0 radical (unpaired) electrons. The standard InChI is InChI=1S/C16H14F2INO2Si/c1-23(2,3)16-13(19)6-10(8-21)14(15(16)20-22)9-4-11(17)7-12(18)5-9/h4-8H,1-3H3. The summed E-state index contributed by atoms with van der Waals surface area (Å²) in [6, 6.07) is 4.57. The predicted molar refractivity (Wildman–Crippen MR) is 98.3 cm³/mol. The summed E-state index contributed by atoms with van der Waals surface area (Å²) < 4.78 is 27.9. The molecule has 3 nitrogen and oxygen atoms in total. The largest absolute Gasteiger partial charge is 0.298 e. The summed E-state index contributed by atoms with van der Waals surface area (Å²) in [5.74, 6) is -1.55. The van der Waals surface area contributed by atoms with E-state index in [0.717, 1.165) is 27.0 Å². The van der Waals surface area contributed by atoms with Gasteiger partial charge in [0.05, 0.1) is 8.07 Å². The molecule has 0 saturated heterocycles. The van der Waals surface area contributed by atoms with Gasteiger partial charge in [0, 0.05) is 20.8 Å². The second-order valence-corrected chi connectivity index (χ2v) is 12.3. The summed E-state index contributed by atoms with van der Waals surface area (Å²) in [7, 11) is -1.98. The molecule has 0 bridgehead atoms. The lowest BCUT2D eigenvalue weighted by atomic mass is 9.98.